The predicted molar refractivity (Wildman–Crippen MR) is 119 cm³/mol. The van der Waals surface area contributed by atoms with Gasteiger partial charge in [-0.1, -0.05) is 37.2 Å². The molecule has 1 aromatic carbocycles. The summed E-state index contributed by atoms with van der Waals surface area (Å²) >= 11 is 0. The van der Waals surface area contributed by atoms with Crippen molar-refractivity contribution in [1.29, 1.82) is 0 Å². The summed E-state index contributed by atoms with van der Waals surface area (Å²) in [7, 11) is 0. The van der Waals surface area contributed by atoms with Gasteiger partial charge in [-0.05, 0) is 38.8 Å². The number of likely N-dealkylation sites (tertiary alicyclic amines) is 1. The highest BCUT2D eigenvalue weighted by molar-refractivity contribution is 5.96. The molecule has 0 radical (unpaired) electrons. The Hall–Kier alpha value is -2.87. The Morgan fingerprint density at radius 2 is 2.00 bits per heavy atom. The number of carbonyl (C=O) groups is 1. The number of nitrogens with one attached hydrogen (secondary N) is 1. The van der Waals surface area contributed by atoms with E-state index in [4.69, 9.17) is 9.62 Å². The lowest BCUT2D eigenvalue weighted by atomic mass is 9.91. The van der Waals surface area contributed by atoms with Crippen LogP contribution in [-0.2, 0) is 4.79 Å². The molecular weight excluding hydrogens is 394 g/mol. The first-order valence-electron chi connectivity index (χ1n) is 10.8. The van der Waals surface area contributed by atoms with Crippen LogP contribution in [-0.4, -0.2) is 51.3 Å². The van der Waals surface area contributed by atoms with Crippen LogP contribution < -0.4 is 10.3 Å². The van der Waals surface area contributed by atoms with Crippen LogP contribution in [0.1, 0.15) is 51.5 Å². The van der Waals surface area contributed by atoms with Gasteiger partial charge in [0, 0.05) is 19.0 Å². The topological polar surface area (TPSA) is 94.2 Å². The van der Waals surface area contributed by atoms with Crippen molar-refractivity contribution in [3.8, 4) is 0 Å². The molecule has 2 aliphatic heterocycles. The van der Waals surface area contributed by atoms with Crippen LogP contribution in [0.2, 0.25) is 0 Å². The number of hydrazone groups is 1. The predicted octanol–water partition coefficient (Wildman–Crippen LogP) is 2.84. The van der Waals surface area contributed by atoms with Crippen LogP contribution >= 0.6 is 0 Å². The third kappa shape index (κ3) is 4.04. The third-order valence-corrected chi connectivity index (χ3v) is 5.94. The van der Waals surface area contributed by atoms with Gasteiger partial charge in [0.2, 0.25) is 5.91 Å². The molecule has 4 rings (SSSR count). The number of nitrogens with zero attached hydrogens (tertiary/aromatic N) is 4. The van der Waals surface area contributed by atoms with E-state index in [1.165, 1.54) is 0 Å². The van der Waals surface area contributed by atoms with Gasteiger partial charge < -0.3 is 19.8 Å². The highest BCUT2D eigenvalue weighted by Gasteiger charge is 2.46. The van der Waals surface area contributed by atoms with Gasteiger partial charge in [-0.15, -0.1) is 0 Å². The van der Waals surface area contributed by atoms with Crippen molar-refractivity contribution in [2.24, 2.45) is 11.0 Å². The maximum absolute atomic E-state index is 13.7. The normalized spacial score (nSPS) is 23.8. The van der Waals surface area contributed by atoms with Crippen LogP contribution in [0.4, 0.5) is 5.69 Å². The number of anilines is 1. The van der Waals surface area contributed by atoms with E-state index >= 15 is 0 Å². The Bertz CT molecular complexity index is 969. The van der Waals surface area contributed by atoms with Crippen molar-refractivity contribution in [2.75, 3.05) is 11.6 Å². The Morgan fingerprint density at radius 3 is 2.61 bits per heavy atom. The number of carbonyl (C=O) groups excluding carboxylic acids is 1. The minimum atomic E-state index is -0.600. The minimum absolute atomic E-state index is 0.0222. The van der Waals surface area contributed by atoms with Crippen LogP contribution in [0.3, 0.4) is 0 Å². The summed E-state index contributed by atoms with van der Waals surface area (Å²) in [6, 6.07) is 11.4. The largest absolute Gasteiger partial charge is 0.391 e. The zero-order valence-electron chi connectivity index (χ0n) is 18.7. The summed E-state index contributed by atoms with van der Waals surface area (Å²) in [6.07, 6.45) is -0.159. The number of amides is 1. The second-order valence-electron chi connectivity index (χ2n) is 9.30. The van der Waals surface area contributed by atoms with Crippen LogP contribution in [0, 0.1) is 12.8 Å². The van der Waals surface area contributed by atoms with E-state index in [1.54, 1.807) is 4.90 Å². The third-order valence-electron chi connectivity index (χ3n) is 5.94. The van der Waals surface area contributed by atoms with Gasteiger partial charge in [0.15, 0.2) is 0 Å². The molecule has 0 aliphatic carbocycles. The van der Waals surface area contributed by atoms with E-state index < -0.39 is 17.7 Å². The summed E-state index contributed by atoms with van der Waals surface area (Å²) in [5, 5.41) is 24.7. The van der Waals surface area contributed by atoms with Crippen molar-refractivity contribution in [2.45, 2.75) is 64.8 Å². The van der Waals surface area contributed by atoms with Crippen molar-refractivity contribution in [1.82, 2.24) is 15.4 Å². The number of aryl methyl sites for hydroxylation is 1. The molecule has 1 amide bonds. The highest BCUT2D eigenvalue weighted by atomic mass is 16.5. The zero-order valence-corrected chi connectivity index (χ0v) is 18.7. The number of benzene rings is 1. The monoisotopic (exact) mass is 425 g/mol. The molecule has 1 fully saturated rings. The van der Waals surface area contributed by atoms with E-state index in [0.29, 0.717) is 18.0 Å². The fourth-order valence-corrected chi connectivity index (χ4v) is 4.48. The van der Waals surface area contributed by atoms with E-state index in [0.717, 1.165) is 11.4 Å². The molecule has 1 aromatic heterocycles. The van der Waals surface area contributed by atoms with Crippen molar-refractivity contribution in [3.63, 3.8) is 0 Å². The van der Waals surface area contributed by atoms with Gasteiger partial charge >= 0.3 is 0 Å². The number of rotatable bonds is 5. The Labute approximate surface area is 182 Å². The Kier molecular flexibility index (Phi) is 5.51. The van der Waals surface area contributed by atoms with Crippen molar-refractivity contribution in [3.05, 3.63) is 47.9 Å². The summed E-state index contributed by atoms with van der Waals surface area (Å²) in [5.41, 5.74) is 1.25. The van der Waals surface area contributed by atoms with Gasteiger partial charge in [-0.3, -0.25) is 4.79 Å². The molecule has 0 bridgehead atoms. The highest BCUT2D eigenvalue weighted by Crippen LogP contribution is 2.33. The van der Waals surface area contributed by atoms with Gasteiger partial charge in [-0.25, -0.2) is 5.01 Å². The lowest BCUT2D eigenvalue weighted by molar-refractivity contribution is -0.134. The number of β-amino-alcohol motifs (C(OH)–C–C–N with tert-alkyl or cyclic N) is 1. The van der Waals surface area contributed by atoms with E-state index in [1.807, 2.05) is 76.0 Å². The number of aliphatic hydroxyl groups excluding tert-OH is 1. The Morgan fingerprint density at radius 1 is 1.29 bits per heavy atom. The van der Waals surface area contributed by atoms with E-state index in [9.17, 15) is 9.90 Å². The molecule has 8 nitrogen and oxygen atoms in total. The average Bonchev–Trinajstić information content (AvgIpc) is 3.39. The van der Waals surface area contributed by atoms with Gasteiger partial charge in [-0.2, -0.15) is 5.10 Å². The minimum Gasteiger partial charge on any atom is -0.391 e. The average molecular weight is 426 g/mol. The lowest BCUT2D eigenvalue weighted by Gasteiger charge is -2.32. The fraction of sp³-hybridized carbons (Fsp3) is 0.522. The molecule has 3 atom stereocenters. The fourth-order valence-electron chi connectivity index (χ4n) is 4.48. The van der Waals surface area contributed by atoms with Crippen LogP contribution in [0.25, 0.3) is 0 Å². The van der Waals surface area contributed by atoms with Crippen LogP contribution in [0.15, 0.2) is 46.0 Å². The van der Waals surface area contributed by atoms with E-state index in [-0.39, 0.29) is 24.4 Å². The number of para-hydroxylation sites is 1. The molecule has 166 valence electrons. The first-order chi connectivity index (χ1) is 14.7. The number of hydrogen-bond acceptors (Lipinski definition) is 7. The molecule has 2 aromatic rings. The molecule has 0 saturated carbocycles. The lowest BCUT2D eigenvalue weighted by Crippen LogP contribution is -2.53. The number of hydrogen-bond donors (Lipinski definition) is 2. The molecule has 8 heteroatoms. The summed E-state index contributed by atoms with van der Waals surface area (Å²) in [5.74, 6) is 0.733. The first-order valence-corrected chi connectivity index (χ1v) is 10.8. The summed E-state index contributed by atoms with van der Waals surface area (Å²) in [4.78, 5) is 15.4. The number of amidine groups is 1. The zero-order chi connectivity index (χ0) is 22.3. The molecule has 0 spiro atoms. The molecule has 2 aliphatic rings. The van der Waals surface area contributed by atoms with Gasteiger partial charge in [0.1, 0.15) is 23.2 Å². The molecule has 3 heterocycles. The molecule has 2 N–H and O–H groups in total. The smallest absolute Gasteiger partial charge is 0.234 e. The van der Waals surface area contributed by atoms with Gasteiger partial charge in [0.25, 0.3) is 0 Å². The summed E-state index contributed by atoms with van der Waals surface area (Å²) < 4.78 is 5.45. The first kappa shape index (κ1) is 21.4. The molecular formula is C23H31N5O3. The molecule has 1 unspecified atom stereocenters. The molecule has 1 saturated heterocycles. The van der Waals surface area contributed by atoms with Crippen LogP contribution in [0.5, 0.6) is 0 Å². The van der Waals surface area contributed by atoms with Gasteiger partial charge in [0.05, 0.1) is 23.5 Å². The maximum Gasteiger partial charge on any atom is 0.234 e. The standard InChI is InChI=1S/C23H31N5O3/c1-14(2)20(19-11-15(3)26-31-19)22(30)27-13-17(29)12-18(27)21-24-23(4,5)28(25-21)16-9-7-6-8-10-16/h6-11,14,17-18,20,29H,12-13H2,1-5H3,(H,24,25)/t17-,18+,20?/m1/s1. The Balaban J connectivity index is 1.64. The van der Waals surface area contributed by atoms with Crippen molar-refractivity contribution < 1.29 is 14.4 Å². The summed E-state index contributed by atoms with van der Waals surface area (Å²) in [6.45, 7) is 10.2. The second kappa shape index (κ2) is 8.00. The SMILES string of the molecule is Cc1cc(C(C(=O)N2C[C@H](O)C[C@H]2C2=NN(c3ccccc3)C(C)(C)N2)C(C)C)on1. The molecule has 31 heavy (non-hydrogen) atoms. The van der Waals surface area contributed by atoms with E-state index in [2.05, 4.69) is 10.5 Å². The number of aromatic nitrogens is 1. The van der Waals surface area contributed by atoms with Crippen molar-refractivity contribution >= 4 is 17.4 Å². The second-order valence-corrected chi connectivity index (χ2v) is 9.30. The number of aliphatic hydroxyl groups is 1. The maximum atomic E-state index is 13.7. The quantitative estimate of drug-likeness (QED) is 0.765.